The smallest absolute Gasteiger partial charge is 0.278 e. The van der Waals surface area contributed by atoms with Gasteiger partial charge in [0.15, 0.2) is 11.3 Å². The van der Waals surface area contributed by atoms with E-state index in [1.807, 2.05) is 12.1 Å². The maximum atomic E-state index is 12.8. The summed E-state index contributed by atoms with van der Waals surface area (Å²) in [4.78, 5) is 12.8. The SMILES string of the molecule is COCc1nn2c(C)c(C(=O)Nc3ccc(OC)cc3)nnc2c1-c1ccc(Cl)cc1. The highest BCUT2D eigenvalue weighted by atomic mass is 35.5. The Balaban J connectivity index is 1.74. The summed E-state index contributed by atoms with van der Waals surface area (Å²) in [5.41, 5.74) is 4.26. The van der Waals surface area contributed by atoms with E-state index in [1.165, 1.54) is 0 Å². The molecule has 1 amide bonds. The molecule has 4 rings (SSSR count). The first-order valence-electron chi connectivity index (χ1n) is 9.47. The molecule has 0 fully saturated rings. The third-order valence-corrected chi connectivity index (χ3v) is 5.07. The van der Waals surface area contributed by atoms with Gasteiger partial charge in [-0.25, -0.2) is 4.52 Å². The fourth-order valence-corrected chi connectivity index (χ4v) is 3.40. The summed E-state index contributed by atoms with van der Waals surface area (Å²) >= 11 is 6.03. The fourth-order valence-electron chi connectivity index (χ4n) is 3.27. The molecule has 0 bridgehead atoms. The second-order valence-electron chi connectivity index (χ2n) is 6.81. The molecular weight excluding hydrogens is 418 g/mol. The van der Waals surface area contributed by atoms with Gasteiger partial charge in [0.25, 0.3) is 5.91 Å². The molecule has 0 aliphatic heterocycles. The van der Waals surface area contributed by atoms with Crippen molar-refractivity contribution < 1.29 is 14.3 Å². The number of aryl methyl sites for hydroxylation is 1. The molecule has 31 heavy (non-hydrogen) atoms. The molecule has 158 valence electrons. The van der Waals surface area contributed by atoms with E-state index in [1.54, 1.807) is 62.1 Å². The van der Waals surface area contributed by atoms with Crippen LogP contribution >= 0.6 is 11.6 Å². The van der Waals surface area contributed by atoms with Crippen LogP contribution in [0.3, 0.4) is 0 Å². The molecule has 0 radical (unpaired) electrons. The monoisotopic (exact) mass is 437 g/mol. The number of nitrogens with zero attached hydrogens (tertiary/aromatic N) is 4. The molecular formula is C22H20ClN5O3. The minimum atomic E-state index is -0.381. The highest BCUT2D eigenvalue weighted by Gasteiger charge is 2.22. The first-order valence-corrected chi connectivity index (χ1v) is 9.84. The summed E-state index contributed by atoms with van der Waals surface area (Å²) in [6.07, 6.45) is 0. The van der Waals surface area contributed by atoms with Crippen molar-refractivity contribution in [3.05, 3.63) is 70.6 Å². The van der Waals surface area contributed by atoms with Gasteiger partial charge in [0.05, 0.1) is 30.7 Å². The number of fused-ring (bicyclic) bond motifs is 1. The van der Waals surface area contributed by atoms with Gasteiger partial charge in [0.1, 0.15) is 5.75 Å². The number of hydrogen-bond donors (Lipinski definition) is 1. The maximum Gasteiger partial charge on any atom is 0.278 e. The molecule has 0 aliphatic rings. The molecule has 0 atom stereocenters. The van der Waals surface area contributed by atoms with Crippen molar-refractivity contribution in [3.63, 3.8) is 0 Å². The molecule has 0 unspecified atom stereocenters. The zero-order valence-corrected chi connectivity index (χ0v) is 18.0. The van der Waals surface area contributed by atoms with Crippen LogP contribution in [0, 0.1) is 6.92 Å². The van der Waals surface area contributed by atoms with E-state index >= 15 is 0 Å². The van der Waals surface area contributed by atoms with Crippen LogP contribution in [0.25, 0.3) is 16.8 Å². The number of hydrogen-bond acceptors (Lipinski definition) is 6. The third-order valence-electron chi connectivity index (χ3n) is 4.82. The number of benzene rings is 2. The quantitative estimate of drug-likeness (QED) is 0.487. The Labute approximate surface area is 183 Å². The molecule has 2 aromatic carbocycles. The van der Waals surface area contributed by atoms with Crippen LogP contribution in [-0.2, 0) is 11.3 Å². The number of carbonyl (C=O) groups excluding carboxylic acids is 1. The number of aromatic nitrogens is 4. The number of halogens is 1. The van der Waals surface area contributed by atoms with E-state index in [4.69, 9.17) is 21.1 Å². The van der Waals surface area contributed by atoms with Crippen LogP contribution < -0.4 is 10.1 Å². The van der Waals surface area contributed by atoms with Crippen LogP contribution in [-0.4, -0.2) is 39.9 Å². The molecule has 4 aromatic rings. The third kappa shape index (κ3) is 4.08. The van der Waals surface area contributed by atoms with Crippen molar-refractivity contribution in [1.82, 2.24) is 19.8 Å². The Morgan fingerprint density at radius 3 is 2.42 bits per heavy atom. The van der Waals surface area contributed by atoms with Crippen molar-refractivity contribution in [3.8, 4) is 16.9 Å². The maximum absolute atomic E-state index is 12.8. The Bertz CT molecular complexity index is 1240. The van der Waals surface area contributed by atoms with Crippen LogP contribution in [0.15, 0.2) is 48.5 Å². The zero-order chi connectivity index (χ0) is 22.0. The van der Waals surface area contributed by atoms with Crippen LogP contribution in [0.2, 0.25) is 5.02 Å². The van der Waals surface area contributed by atoms with Crippen LogP contribution in [0.5, 0.6) is 5.75 Å². The topological polar surface area (TPSA) is 90.6 Å². The highest BCUT2D eigenvalue weighted by Crippen LogP contribution is 2.30. The standard InChI is InChI=1S/C22H20ClN5O3/c1-13-20(22(29)24-16-8-10-17(31-3)11-9-16)25-26-21-19(14-4-6-15(23)7-5-14)18(12-30-2)27-28(13)21/h4-11H,12H2,1-3H3,(H,24,29). The van der Waals surface area contributed by atoms with E-state index in [-0.39, 0.29) is 18.2 Å². The van der Waals surface area contributed by atoms with Crippen molar-refractivity contribution in [1.29, 1.82) is 0 Å². The predicted molar refractivity (Wildman–Crippen MR) is 118 cm³/mol. The summed E-state index contributed by atoms with van der Waals surface area (Å²) < 4.78 is 12.1. The summed E-state index contributed by atoms with van der Waals surface area (Å²) in [6, 6.07) is 14.4. The van der Waals surface area contributed by atoms with Crippen LogP contribution in [0.4, 0.5) is 5.69 Å². The zero-order valence-electron chi connectivity index (χ0n) is 17.2. The van der Waals surface area contributed by atoms with Gasteiger partial charge < -0.3 is 14.8 Å². The number of rotatable bonds is 6. The molecule has 0 saturated heterocycles. The molecule has 2 aromatic heterocycles. The number of nitrogens with one attached hydrogen (secondary N) is 1. The van der Waals surface area contributed by atoms with Gasteiger partial charge in [-0.2, -0.15) is 5.10 Å². The van der Waals surface area contributed by atoms with Crippen molar-refractivity contribution in [2.24, 2.45) is 0 Å². The lowest BCUT2D eigenvalue weighted by Crippen LogP contribution is -2.18. The lowest BCUT2D eigenvalue weighted by molar-refractivity contribution is 0.102. The summed E-state index contributed by atoms with van der Waals surface area (Å²) in [5.74, 6) is 0.321. The van der Waals surface area contributed by atoms with Crippen molar-refractivity contribution in [2.45, 2.75) is 13.5 Å². The summed E-state index contributed by atoms with van der Waals surface area (Å²) in [6.45, 7) is 2.06. The molecule has 9 heteroatoms. The molecule has 8 nitrogen and oxygen atoms in total. The average Bonchev–Trinajstić information content (AvgIpc) is 3.14. The van der Waals surface area contributed by atoms with E-state index in [9.17, 15) is 4.79 Å². The Morgan fingerprint density at radius 2 is 1.77 bits per heavy atom. The minimum Gasteiger partial charge on any atom is -0.497 e. The number of carbonyl (C=O) groups is 1. The van der Waals surface area contributed by atoms with E-state index in [0.717, 1.165) is 11.1 Å². The van der Waals surface area contributed by atoms with E-state index in [0.29, 0.717) is 33.5 Å². The van der Waals surface area contributed by atoms with E-state index < -0.39 is 0 Å². The lowest BCUT2D eigenvalue weighted by atomic mass is 10.1. The first-order chi connectivity index (χ1) is 15.0. The van der Waals surface area contributed by atoms with Gasteiger partial charge in [0, 0.05) is 17.8 Å². The Morgan fingerprint density at radius 1 is 1.06 bits per heavy atom. The number of anilines is 1. The number of amides is 1. The Kier molecular flexibility index (Phi) is 5.83. The second kappa shape index (κ2) is 8.71. The van der Waals surface area contributed by atoms with Gasteiger partial charge in [-0.15, -0.1) is 10.2 Å². The Hall–Kier alpha value is -3.49. The molecule has 0 spiro atoms. The largest absolute Gasteiger partial charge is 0.497 e. The fraction of sp³-hybridized carbons (Fsp3) is 0.182. The second-order valence-corrected chi connectivity index (χ2v) is 7.25. The molecule has 1 N–H and O–H groups in total. The van der Waals surface area contributed by atoms with Crippen molar-refractivity contribution >= 4 is 28.8 Å². The average molecular weight is 438 g/mol. The normalized spacial score (nSPS) is 11.0. The van der Waals surface area contributed by atoms with Gasteiger partial charge in [0.2, 0.25) is 0 Å². The van der Waals surface area contributed by atoms with Crippen LogP contribution in [0.1, 0.15) is 21.9 Å². The molecule has 2 heterocycles. The van der Waals surface area contributed by atoms with Crippen molar-refractivity contribution in [2.75, 3.05) is 19.5 Å². The molecule has 0 aliphatic carbocycles. The molecule has 0 saturated carbocycles. The van der Waals surface area contributed by atoms with Gasteiger partial charge in [-0.3, -0.25) is 4.79 Å². The van der Waals surface area contributed by atoms with Gasteiger partial charge in [-0.1, -0.05) is 23.7 Å². The number of ether oxygens (including phenoxy) is 2. The highest BCUT2D eigenvalue weighted by molar-refractivity contribution is 6.30. The predicted octanol–water partition coefficient (Wildman–Crippen LogP) is 4.16. The van der Waals surface area contributed by atoms with E-state index in [2.05, 4.69) is 20.6 Å². The minimum absolute atomic E-state index is 0.178. The summed E-state index contributed by atoms with van der Waals surface area (Å²) in [7, 11) is 3.18. The number of methoxy groups -OCH3 is 2. The summed E-state index contributed by atoms with van der Waals surface area (Å²) in [5, 5.41) is 16.6. The lowest BCUT2D eigenvalue weighted by Gasteiger charge is -2.08. The van der Waals surface area contributed by atoms with Gasteiger partial charge >= 0.3 is 0 Å². The first kappa shape index (κ1) is 20.8. The van der Waals surface area contributed by atoms with Gasteiger partial charge in [-0.05, 0) is 48.9 Å².